The second kappa shape index (κ2) is 7.59. The molecular weight excluding hydrogens is 302 g/mol. The minimum Gasteiger partial charge on any atom is -0.489 e. The lowest BCUT2D eigenvalue weighted by Crippen LogP contribution is -2.08. The van der Waals surface area contributed by atoms with Gasteiger partial charge >= 0.3 is 0 Å². The maximum atomic E-state index is 5.88. The van der Waals surface area contributed by atoms with Crippen LogP contribution in [-0.4, -0.2) is 20.2 Å². The number of anilines is 1. The van der Waals surface area contributed by atoms with Crippen LogP contribution in [0, 0.1) is 6.92 Å². The molecule has 0 radical (unpaired) electrons. The predicted octanol–water partition coefficient (Wildman–Crippen LogP) is 3.19. The van der Waals surface area contributed by atoms with Crippen molar-refractivity contribution in [2.45, 2.75) is 33.5 Å². The number of nitrogens with zero attached hydrogens (tertiary/aromatic N) is 4. The number of rotatable bonds is 7. The minimum absolute atomic E-state index is 0.561. The van der Waals surface area contributed by atoms with Gasteiger partial charge in [0.15, 0.2) is 0 Å². The summed E-state index contributed by atoms with van der Waals surface area (Å²) in [7, 11) is 0. The van der Waals surface area contributed by atoms with Crippen molar-refractivity contribution in [2.75, 3.05) is 5.32 Å². The molecule has 124 valence electrons. The molecule has 1 heterocycles. The third kappa shape index (κ3) is 4.10. The molecule has 0 unspecified atom stereocenters. The van der Waals surface area contributed by atoms with Gasteiger partial charge in [0.05, 0.1) is 0 Å². The van der Waals surface area contributed by atoms with E-state index < -0.39 is 0 Å². The summed E-state index contributed by atoms with van der Waals surface area (Å²) < 4.78 is 7.60. The highest BCUT2D eigenvalue weighted by Gasteiger charge is 2.04. The molecule has 6 heteroatoms. The predicted molar refractivity (Wildman–Crippen MR) is 92.8 cm³/mol. The lowest BCUT2D eigenvalue weighted by Gasteiger charge is -2.09. The first kappa shape index (κ1) is 16.0. The van der Waals surface area contributed by atoms with Gasteiger partial charge in [-0.1, -0.05) is 47.1 Å². The lowest BCUT2D eigenvalue weighted by molar-refractivity contribution is 0.306. The largest absolute Gasteiger partial charge is 0.489 e. The molecule has 24 heavy (non-hydrogen) atoms. The van der Waals surface area contributed by atoms with Crippen molar-refractivity contribution in [2.24, 2.45) is 0 Å². The van der Waals surface area contributed by atoms with Crippen LogP contribution in [0.25, 0.3) is 0 Å². The highest BCUT2D eigenvalue weighted by Crippen LogP contribution is 2.16. The summed E-state index contributed by atoms with van der Waals surface area (Å²) >= 11 is 0. The zero-order valence-corrected chi connectivity index (χ0v) is 13.9. The molecule has 0 aliphatic rings. The van der Waals surface area contributed by atoms with Crippen molar-refractivity contribution in [3.05, 3.63) is 65.2 Å². The summed E-state index contributed by atoms with van der Waals surface area (Å²) in [6, 6.07) is 16.4. The number of benzene rings is 2. The topological polar surface area (TPSA) is 64.9 Å². The molecule has 0 saturated carbocycles. The standard InChI is InChI=1S/C18H21N5O/c1-3-23-18(20-21-22-23)19-12-16-5-4-6-17(11-16)24-13-15-9-7-14(2)8-10-15/h4-11H,3,12-13H2,1-2H3,(H,19,20,22). The Balaban J connectivity index is 1.58. The van der Waals surface area contributed by atoms with Crippen LogP contribution in [-0.2, 0) is 19.7 Å². The molecule has 3 aromatic rings. The van der Waals surface area contributed by atoms with Crippen molar-refractivity contribution in [3.8, 4) is 5.75 Å². The molecule has 0 fully saturated rings. The van der Waals surface area contributed by atoms with Gasteiger partial charge in [-0.05, 0) is 47.5 Å². The Morgan fingerprint density at radius 3 is 2.71 bits per heavy atom. The van der Waals surface area contributed by atoms with Crippen LogP contribution in [0.2, 0.25) is 0 Å². The maximum Gasteiger partial charge on any atom is 0.243 e. The summed E-state index contributed by atoms with van der Waals surface area (Å²) in [6.07, 6.45) is 0. The van der Waals surface area contributed by atoms with Gasteiger partial charge in [-0.15, -0.1) is 0 Å². The molecule has 3 rings (SSSR count). The van der Waals surface area contributed by atoms with E-state index in [0.717, 1.165) is 23.4 Å². The molecule has 0 saturated heterocycles. The number of tetrazole rings is 1. The van der Waals surface area contributed by atoms with Crippen LogP contribution in [0.5, 0.6) is 5.75 Å². The van der Waals surface area contributed by atoms with E-state index in [4.69, 9.17) is 4.74 Å². The summed E-state index contributed by atoms with van der Waals surface area (Å²) in [5, 5.41) is 14.8. The number of aryl methyl sites for hydroxylation is 2. The van der Waals surface area contributed by atoms with Gasteiger partial charge < -0.3 is 10.1 Å². The Bertz CT molecular complexity index is 782. The molecule has 6 nitrogen and oxygen atoms in total. The van der Waals surface area contributed by atoms with Crippen molar-refractivity contribution in [3.63, 3.8) is 0 Å². The number of ether oxygens (including phenoxy) is 1. The first-order valence-corrected chi connectivity index (χ1v) is 8.02. The molecule has 0 aliphatic heterocycles. The summed E-state index contributed by atoms with van der Waals surface area (Å²) in [5.74, 6) is 1.52. The van der Waals surface area contributed by atoms with Crippen molar-refractivity contribution in [1.29, 1.82) is 0 Å². The van der Waals surface area contributed by atoms with Gasteiger partial charge in [0, 0.05) is 13.1 Å². The first-order chi connectivity index (χ1) is 11.7. The zero-order valence-electron chi connectivity index (χ0n) is 13.9. The average molecular weight is 323 g/mol. The Morgan fingerprint density at radius 1 is 1.08 bits per heavy atom. The third-order valence-electron chi connectivity index (χ3n) is 3.71. The molecule has 1 aromatic heterocycles. The molecule has 0 spiro atoms. The molecule has 0 bridgehead atoms. The van der Waals surface area contributed by atoms with Gasteiger partial charge in [0.25, 0.3) is 0 Å². The lowest BCUT2D eigenvalue weighted by atomic mass is 10.2. The second-order valence-corrected chi connectivity index (χ2v) is 5.59. The van der Waals surface area contributed by atoms with E-state index in [9.17, 15) is 0 Å². The number of hydrogen-bond acceptors (Lipinski definition) is 5. The second-order valence-electron chi connectivity index (χ2n) is 5.59. The molecule has 0 atom stereocenters. The highest BCUT2D eigenvalue weighted by molar-refractivity contribution is 5.32. The van der Waals surface area contributed by atoms with E-state index in [1.807, 2.05) is 31.2 Å². The van der Waals surface area contributed by atoms with Crippen molar-refractivity contribution in [1.82, 2.24) is 20.2 Å². The van der Waals surface area contributed by atoms with Gasteiger partial charge in [0.2, 0.25) is 5.95 Å². The van der Waals surface area contributed by atoms with Crippen LogP contribution >= 0.6 is 0 Å². The molecule has 2 aromatic carbocycles. The van der Waals surface area contributed by atoms with E-state index in [1.165, 1.54) is 5.56 Å². The molecule has 1 N–H and O–H groups in total. The fourth-order valence-corrected chi connectivity index (χ4v) is 2.32. The van der Waals surface area contributed by atoms with Gasteiger partial charge in [-0.3, -0.25) is 0 Å². The van der Waals surface area contributed by atoms with E-state index in [2.05, 4.69) is 52.0 Å². The monoisotopic (exact) mass is 323 g/mol. The number of nitrogens with one attached hydrogen (secondary N) is 1. The Labute approximate surface area is 141 Å². The van der Waals surface area contributed by atoms with Crippen molar-refractivity contribution >= 4 is 5.95 Å². The molecular formula is C18H21N5O. The van der Waals surface area contributed by atoms with Crippen LogP contribution < -0.4 is 10.1 Å². The van der Waals surface area contributed by atoms with Crippen molar-refractivity contribution < 1.29 is 4.74 Å². The summed E-state index contributed by atoms with van der Waals surface area (Å²) in [6.45, 7) is 6.01. The van der Waals surface area contributed by atoms with Gasteiger partial charge in [-0.2, -0.15) is 0 Å². The van der Waals surface area contributed by atoms with Crippen LogP contribution in [0.15, 0.2) is 48.5 Å². The number of aromatic nitrogens is 4. The summed E-state index contributed by atoms with van der Waals surface area (Å²) in [4.78, 5) is 0. The van der Waals surface area contributed by atoms with Crippen LogP contribution in [0.3, 0.4) is 0 Å². The normalized spacial score (nSPS) is 10.6. The first-order valence-electron chi connectivity index (χ1n) is 8.02. The zero-order chi connectivity index (χ0) is 16.8. The Hall–Kier alpha value is -2.89. The third-order valence-corrected chi connectivity index (χ3v) is 3.71. The maximum absolute atomic E-state index is 5.88. The minimum atomic E-state index is 0.561. The fraction of sp³-hybridized carbons (Fsp3) is 0.278. The average Bonchev–Trinajstić information content (AvgIpc) is 3.07. The SMILES string of the molecule is CCn1nnnc1NCc1cccc(OCc2ccc(C)cc2)c1. The molecule has 0 amide bonds. The highest BCUT2D eigenvalue weighted by atomic mass is 16.5. The Kier molecular flexibility index (Phi) is 5.05. The molecule has 0 aliphatic carbocycles. The number of hydrogen-bond donors (Lipinski definition) is 1. The Morgan fingerprint density at radius 2 is 1.92 bits per heavy atom. The van der Waals surface area contributed by atoms with E-state index in [1.54, 1.807) is 4.68 Å². The van der Waals surface area contributed by atoms with E-state index >= 15 is 0 Å². The van der Waals surface area contributed by atoms with Gasteiger partial charge in [0.1, 0.15) is 12.4 Å². The van der Waals surface area contributed by atoms with Crippen LogP contribution in [0.1, 0.15) is 23.6 Å². The van der Waals surface area contributed by atoms with Crippen LogP contribution in [0.4, 0.5) is 5.95 Å². The smallest absolute Gasteiger partial charge is 0.243 e. The van der Waals surface area contributed by atoms with E-state index in [0.29, 0.717) is 19.1 Å². The van der Waals surface area contributed by atoms with Gasteiger partial charge in [-0.25, -0.2) is 4.68 Å². The fourth-order valence-electron chi connectivity index (χ4n) is 2.32. The quantitative estimate of drug-likeness (QED) is 0.723. The summed E-state index contributed by atoms with van der Waals surface area (Å²) in [5.41, 5.74) is 3.52. The van der Waals surface area contributed by atoms with E-state index in [-0.39, 0.29) is 0 Å².